The van der Waals surface area contributed by atoms with Gasteiger partial charge in [0.25, 0.3) is 0 Å². The number of rotatable bonds is 6. The van der Waals surface area contributed by atoms with Crippen LogP contribution in [0.2, 0.25) is 0 Å². The summed E-state index contributed by atoms with van der Waals surface area (Å²) < 4.78 is 13.2. The van der Waals surface area contributed by atoms with Crippen molar-refractivity contribution in [3.8, 4) is 0 Å². The lowest BCUT2D eigenvalue weighted by molar-refractivity contribution is -0.135. The van der Waals surface area contributed by atoms with E-state index in [4.69, 9.17) is 11.6 Å². The SMILES string of the molecule is CC(NC(=O)CCl)C1CCN(C(=O)C(c2ccc(F)cc2)C2CC2)CC1. The van der Waals surface area contributed by atoms with E-state index < -0.39 is 0 Å². The van der Waals surface area contributed by atoms with Crippen molar-refractivity contribution in [2.24, 2.45) is 11.8 Å². The number of alkyl halides is 1. The lowest BCUT2D eigenvalue weighted by atomic mass is 9.88. The monoisotopic (exact) mass is 380 g/mol. The van der Waals surface area contributed by atoms with Crippen LogP contribution >= 0.6 is 11.6 Å². The summed E-state index contributed by atoms with van der Waals surface area (Å²) in [6.07, 6.45) is 3.87. The molecule has 0 spiro atoms. The lowest BCUT2D eigenvalue weighted by Gasteiger charge is -2.37. The number of nitrogens with zero attached hydrogens (tertiary/aromatic N) is 1. The maximum absolute atomic E-state index is 13.2. The zero-order chi connectivity index (χ0) is 18.7. The van der Waals surface area contributed by atoms with Crippen LogP contribution in [0.3, 0.4) is 0 Å². The first kappa shape index (κ1) is 19.2. The molecule has 26 heavy (non-hydrogen) atoms. The van der Waals surface area contributed by atoms with Gasteiger partial charge in [-0.2, -0.15) is 0 Å². The number of nitrogens with one attached hydrogen (secondary N) is 1. The number of carbonyl (C=O) groups is 2. The second kappa shape index (κ2) is 8.38. The van der Waals surface area contributed by atoms with Gasteiger partial charge in [-0.1, -0.05) is 12.1 Å². The fourth-order valence-corrected chi connectivity index (χ4v) is 4.02. The minimum atomic E-state index is -0.274. The topological polar surface area (TPSA) is 49.4 Å². The Morgan fingerprint density at radius 2 is 1.77 bits per heavy atom. The zero-order valence-corrected chi connectivity index (χ0v) is 15.8. The number of likely N-dealkylation sites (tertiary alicyclic amines) is 1. The Balaban J connectivity index is 1.60. The van der Waals surface area contributed by atoms with Crippen molar-refractivity contribution in [1.82, 2.24) is 10.2 Å². The number of halogens is 2. The fourth-order valence-electron chi connectivity index (χ4n) is 3.94. The molecule has 1 saturated heterocycles. The predicted octanol–water partition coefficient (Wildman–Crippen LogP) is 3.30. The molecule has 2 amide bonds. The smallest absolute Gasteiger partial charge is 0.235 e. The molecule has 0 bridgehead atoms. The van der Waals surface area contributed by atoms with Crippen LogP contribution in [0.15, 0.2) is 24.3 Å². The highest BCUT2D eigenvalue weighted by atomic mass is 35.5. The Hall–Kier alpha value is -1.62. The van der Waals surface area contributed by atoms with Gasteiger partial charge >= 0.3 is 0 Å². The van der Waals surface area contributed by atoms with Gasteiger partial charge in [0, 0.05) is 19.1 Å². The summed E-state index contributed by atoms with van der Waals surface area (Å²) in [5, 5.41) is 2.92. The summed E-state index contributed by atoms with van der Waals surface area (Å²) in [4.78, 5) is 26.5. The number of hydrogen-bond acceptors (Lipinski definition) is 2. The van der Waals surface area contributed by atoms with Crippen molar-refractivity contribution in [2.45, 2.75) is 44.6 Å². The molecule has 1 aliphatic heterocycles. The van der Waals surface area contributed by atoms with E-state index in [1.54, 1.807) is 12.1 Å². The van der Waals surface area contributed by atoms with Crippen LogP contribution < -0.4 is 5.32 Å². The molecule has 0 radical (unpaired) electrons. The number of carbonyl (C=O) groups excluding carboxylic acids is 2. The van der Waals surface area contributed by atoms with E-state index >= 15 is 0 Å². The summed E-state index contributed by atoms with van der Waals surface area (Å²) in [5.41, 5.74) is 0.920. The van der Waals surface area contributed by atoms with E-state index in [0.717, 1.165) is 31.2 Å². The summed E-state index contributed by atoms with van der Waals surface area (Å²) in [5.74, 6) is 0.300. The van der Waals surface area contributed by atoms with Gasteiger partial charge in [0.15, 0.2) is 0 Å². The molecule has 1 aromatic rings. The molecule has 1 aliphatic carbocycles. The average molecular weight is 381 g/mol. The van der Waals surface area contributed by atoms with E-state index in [1.165, 1.54) is 12.1 Å². The van der Waals surface area contributed by atoms with Gasteiger partial charge in [0.2, 0.25) is 11.8 Å². The summed E-state index contributed by atoms with van der Waals surface area (Å²) >= 11 is 5.55. The first-order valence-corrected chi connectivity index (χ1v) is 9.92. The molecule has 1 N–H and O–H groups in total. The molecule has 2 aliphatic rings. The van der Waals surface area contributed by atoms with Gasteiger partial charge in [0.05, 0.1) is 5.92 Å². The van der Waals surface area contributed by atoms with Crippen molar-refractivity contribution in [3.63, 3.8) is 0 Å². The van der Waals surface area contributed by atoms with Crippen LogP contribution in [0.25, 0.3) is 0 Å². The summed E-state index contributed by atoms with van der Waals surface area (Å²) in [7, 11) is 0. The van der Waals surface area contributed by atoms with E-state index in [2.05, 4.69) is 5.32 Å². The number of hydrogen-bond donors (Lipinski definition) is 1. The quantitative estimate of drug-likeness (QED) is 0.770. The Kier molecular flexibility index (Phi) is 6.17. The third kappa shape index (κ3) is 4.56. The number of amides is 2. The third-order valence-electron chi connectivity index (χ3n) is 5.66. The van der Waals surface area contributed by atoms with Gasteiger partial charge in [-0.15, -0.1) is 11.6 Å². The van der Waals surface area contributed by atoms with Gasteiger partial charge in [0.1, 0.15) is 11.7 Å². The summed E-state index contributed by atoms with van der Waals surface area (Å²) in [6.45, 7) is 3.40. The molecule has 1 heterocycles. The Labute approximate surface area is 159 Å². The Morgan fingerprint density at radius 1 is 1.15 bits per heavy atom. The summed E-state index contributed by atoms with van der Waals surface area (Å²) in [6, 6.07) is 6.42. The Morgan fingerprint density at radius 3 is 2.31 bits per heavy atom. The second-order valence-corrected chi connectivity index (χ2v) is 7.79. The van der Waals surface area contributed by atoms with Crippen LogP contribution in [-0.2, 0) is 9.59 Å². The second-order valence-electron chi connectivity index (χ2n) is 7.52. The highest BCUT2D eigenvalue weighted by Crippen LogP contribution is 2.44. The van der Waals surface area contributed by atoms with Gasteiger partial charge in [-0.25, -0.2) is 4.39 Å². The molecule has 2 unspecified atom stereocenters. The van der Waals surface area contributed by atoms with Gasteiger partial charge in [-0.05, 0) is 62.1 Å². The van der Waals surface area contributed by atoms with Crippen molar-refractivity contribution in [3.05, 3.63) is 35.6 Å². The van der Waals surface area contributed by atoms with E-state index in [1.807, 2.05) is 11.8 Å². The van der Waals surface area contributed by atoms with E-state index in [0.29, 0.717) is 24.9 Å². The average Bonchev–Trinajstić information content (AvgIpc) is 3.48. The van der Waals surface area contributed by atoms with Gasteiger partial charge < -0.3 is 10.2 Å². The van der Waals surface area contributed by atoms with Crippen molar-refractivity contribution >= 4 is 23.4 Å². The molecule has 4 nitrogen and oxygen atoms in total. The van der Waals surface area contributed by atoms with Crippen molar-refractivity contribution in [2.75, 3.05) is 19.0 Å². The Bertz CT molecular complexity index is 640. The lowest BCUT2D eigenvalue weighted by Crippen LogP contribution is -2.47. The standard InChI is InChI=1S/C20H26ClFN2O2/c1-13(23-18(25)12-21)14-8-10-24(11-9-14)20(26)19(15-2-3-15)16-4-6-17(22)7-5-16/h4-7,13-15,19H,2-3,8-12H2,1H3,(H,23,25). The molecule has 6 heteroatoms. The van der Waals surface area contributed by atoms with Crippen molar-refractivity contribution in [1.29, 1.82) is 0 Å². The van der Waals surface area contributed by atoms with E-state index in [-0.39, 0.29) is 35.5 Å². The minimum absolute atomic E-state index is 0.0254. The first-order valence-electron chi connectivity index (χ1n) is 9.39. The molecule has 1 aromatic carbocycles. The van der Waals surface area contributed by atoms with Crippen LogP contribution in [0.4, 0.5) is 4.39 Å². The fraction of sp³-hybridized carbons (Fsp3) is 0.600. The highest BCUT2D eigenvalue weighted by Gasteiger charge is 2.40. The van der Waals surface area contributed by atoms with Crippen molar-refractivity contribution < 1.29 is 14.0 Å². The molecular weight excluding hydrogens is 355 g/mol. The molecule has 1 saturated carbocycles. The highest BCUT2D eigenvalue weighted by molar-refractivity contribution is 6.27. The van der Waals surface area contributed by atoms with E-state index in [9.17, 15) is 14.0 Å². The molecular formula is C20H26ClFN2O2. The third-order valence-corrected chi connectivity index (χ3v) is 5.90. The number of piperidine rings is 1. The van der Waals surface area contributed by atoms with Crippen LogP contribution in [0, 0.1) is 17.7 Å². The maximum Gasteiger partial charge on any atom is 0.235 e. The molecule has 3 rings (SSSR count). The molecule has 0 aromatic heterocycles. The van der Waals surface area contributed by atoms with Crippen LogP contribution in [0.5, 0.6) is 0 Å². The molecule has 142 valence electrons. The molecule has 2 fully saturated rings. The minimum Gasteiger partial charge on any atom is -0.352 e. The maximum atomic E-state index is 13.2. The number of benzene rings is 1. The molecule has 2 atom stereocenters. The zero-order valence-electron chi connectivity index (χ0n) is 15.1. The van der Waals surface area contributed by atoms with Crippen LogP contribution in [0.1, 0.15) is 44.1 Å². The largest absolute Gasteiger partial charge is 0.352 e. The van der Waals surface area contributed by atoms with Gasteiger partial charge in [-0.3, -0.25) is 9.59 Å². The predicted molar refractivity (Wildman–Crippen MR) is 99.5 cm³/mol. The first-order chi connectivity index (χ1) is 12.5. The van der Waals surface area contributed by atoms with Crippen LogP contribution in [-0.4, -0.2) is 41.7 Å². The normalized spacial score (nSPS) is 20.5.